The molecule has 2 aliphatic heterocycles. The predicted octanol–water partition coefficient (Wildman–Crippen LogP) is 1.86. The van der Waals surface area contributed by atoms with E-state index in [1.807, 2.05) is 16.7 Å². The minimum absolute atomic E-state index is 0.0217. The number of anilines is 1. The van der Waals surface area contributed by atoms with E-state index in [4.69, 9.17) is 0 Å². The van der Waals surface area contributed by atoms with Crippen LogP contribution in [-0.4, -0.2) is 78.5 Å². The number of likely N-dealkylation sites (N-methyl/N-ethyl adjacent to an activating group) is 1. The van der Waals surface area contributed by atoms with E-state index >= 15 is 0 Å². The number of aromatic nitrogens is 4. The SMILES string of the molecule is CCN1C[C@H](C)N(C(=O)N2Cc3c(NC(=O)c4cnccn4)n[nH]c3C2C)C[C@H]1C. The predicted molar refractivity (Wildman–Crippen MR) is 111 cm³/mol. The zero-order valence-electron chi connectivity index (χ0n) is 17.8. The second-order valence-electron chi connectivity index (χ2n) is 8.03. The molecule has 0 spiro atoms. The molecule has 0 aliphatic carbocycles. The van der Waals surface area contributed by atoms with Crippen molar-refractivity contribution >= 4 is 17.8 Å². The summed E-state index contributed by atoms with van der Waals surface area (Å²) in [6.07, 6.45) is 4.38. The van der Waals surface area contributed by atoms with Gasteiger partial charge in [0.25, 0.3) is 5.91 Å². The number of nitrogens with zero attached hydrogens (tertiary/aromatic N) is 6. The van der Waals surface area contributed by atoms with E-state index in [9.17, 15) is 9.59 Å². The quantitative estimate of drug-likeness (QED) is 0.796. The van der Waals surface area contributed by atoms with Crippen molar-refractivity contribution in [3.8, 4) is 0 Å². The van der Waals surface area contributed by atoms with E-state index in [1.54, 1.807) is 0 Å². The smallest absolute Gasteiger partial charge is 0.319 e. The Kier molecular flexibility index (Phi) is 5.42. The molecule has 3 amide bonds. The summed E-state index contributed by atoms with van der Waals surface area (Å²) >= 11 is 0. The molecule has 1 saturated heterocycles. The number of carbonyl (C=O) groups is 2. The van der Waals surface area contributed by atoms with Crippen LogP contribution in [-0.2, 0) is 6.54 Å². The van der Waals surface area contributed by atoms with Crippen LogP contribution in [0.4, 0.5) is 10.6 Å². The second kappa shape index (κ2) is 8.02. The molecule has 10 heteroatoms. The minimum Gasteiger partial charge on any atom is -0.319 e. The number of hydrogen-bond acceptors (Lipinski definition) is 6. The van der Waals surface area contributed by atoms with E-state index in [2.05, 4.69) is 51.2 Å². The number of hydrogen-bond donors (Lipinski definition) is 2. The first kappa shape index (κ1) is 20.3. The maximum atomic E-state index is 13.4. The Hall–Kier alpha value is -3.01. The van der Waals surface area contributed by atoms with Gasteiger partial charge in [0.2, 0.25) is 0 Å². The molecule has 4 heterocycles. The lowest BCUT2D eigenvalue weighted by atomic mass is 10.1. The van der Waals surface area contributed by atoms with Gasteiger partial charge in [-0.25, -0.2) is 9.78 Å². The van der Waals surface area contributed by atoms with Crippen LogP contribution in [0, 0.1) is 0 Å². The number of H-pyrrole nitrogens is 1. The Labute approximate surface area is 175 Å². The Morgan fingerprint density at radius 3 is 2.67 bits per heavy atom. The first-order valence-corrected chi connectivity index (χ1v) is 10.4. The fourth-order valence-electron chi connectivity index (χ4n) is 4.34. The minimum atomic E-state index is -0.382. The van der Waals surface area contributed by atoms with Crippen molar-refractivity contribution in [2.75, 3.05) is 25.0 Å². The normalized spacial score (nSPS) is 24.1. The van der Waals surface area contributed by atoms with Gasteiger partial charge in [0.15, 0.2) is 5.82 Å². The van der Waals surface area contributed by atoms with Crippen LogP contribution in [0.25, 0.3) is 0 Å². The molecule has 4 rings (SSSR count). The van der Waals surface area contributed by atoms with E-state index in [1.165, 1.54) is 18.6 Å². The van der Waals surface area contributed by atoms with Gasteiger partial charge in [0, 0.05) is 43.1 Å². The maximum Gasteiger partial charge on any atom is 0.321 e. The number of amides is 3. The molecule has 0 aromatic carbocycles. The highest BCUT2D eigenvalue weighted by Gasteiger charge is 2.40. The summed E-state index contributed by atoms with van der Waals surface area (Å²) in [6.45, 7) is 11.4. The number of rotatable bonds is 3. The van der Waals surface area contributed by atoms with E-state index in [0.717, 1.165) is 24.3 Å². The molecule has 0 saturated carbocycles. The third-order valence-electron chi connectivity index (χ3n) is 6.15. The number of aromatic amines is 1. The topological polar surface area (TPSA) is 110 Å². The number of urea groups is 1. The summed E-state index contributed by atoms with van der Waals surface area (Å²) in [5, 5.41) is 10.0. The third kappa shape index (κ3) is 3.51. The van der Waals surface area contributed by atoms with Crippen LogP contribution >= 0.6 is 0 Å². The molecule has 2 aromatic rings. The summed E-state index contributed by atoms with van der Waals surface area (Å²) in [5.41, 5.74) is 1.90. The molecule has 1 unspecified atom stereocenters. The van der Waals surface area contributed by atoms with Gasteiger partial charge in [0.1, 0.15) is 5.69 Å². The molecular formula is C20H28N8O2. The summed E-state index contributed by atoms with van der Waals surface area (Å²) in [5.74, 6) is 0.0491. The van der Waals surface area contributed by atoms with Crippen LogP contribution in [0.5, 0.6) is 0 Å². The van der Waals surface area contributed by atoms with Crippen LogP contribution in [0.1, 0.15) is 55.5 Å². The van der Waals surface area contributed by atoms with E-state index < -0.39 is 0 Å². The van der Waals surface area contributed by atoms with Gasteiger partial charge in [-0.1, -0.05) is 6.92 Å². The molecule has 10 nitrogen and oxygen atoms in total. The van der Waals surface area contributed by atoms with Crippen LogP contribution in [0.3, 0.4) is 0 Å². The van der Waals surface area contributed by atoms with Crippen LogP contribution in [0.2, 0.25) is 0 Å². The molecular weight excluding hydrogens is 384 g/mol. The fourth-order valence-corrected chi connectivity index (χ4v) is 4.34. The van der Waals surface area contributed by atoms with Gasteiger partial charge >= 0.3 is 6.03 Å². The average molecular weight is 412 g/mol. The number of piperazine rings is 1. The summed E-state index contributed by atoms with van der Waals surface area (Å²) in [7, 11) is 0. The van der Waals surface area contributed by atoms with Gasteiger partial charge in [-0.3, -0.25) is 19.8 Å². The van der Waals surface area contributed by atoms with Crippen molar-refractivity contribution in [2.24, 2.45) is 0 Å². The van der Waals surface area contributed by atoms with Crippen molar-refractivity contribution in [1.29, 1.82) is 0 Å². The molecule has 0 radical (unpaired) electrons. The summed E-state index contributed by atoms with van der Waals surface area (Å²) in [6, 6.07) is 0.352. The number of fused-ring (bicyclic) bond motifs is 1. The van der Waals surface area contributed by atoms with Gasteiger partial charge < -0.3 is 15.1 Å². The lowest BCUT2D eigenvalue weighted by Gasteiger charge is -2.45. The summed E-state index contributed by atoms with van der Waals surface area (Å²) in [4.78, 5) is 39.9. The van der Waals surface area contributed by atoms with Gasteiger partial charge in [-0.15, -0.1) is 0 Å². The lowest BCUT2D eigenvalue weighted by molar-refractivity contribution is 0.0480. The van der Waals surface area contributed by atoms with Gasteiger partial charge in [0.05, 0.1) is 24.5 Å². The fraction of sp³-hybridized carbons (Fsp3) is 0.550. The molecule has 30 heavy (non-hydrogen) atoms. The average Bonchev–Trinajstić information content (AvgIpc) is 3.29. The molecule has 1 fully saturated rings. The van der Waals surface area contributed by atoms with Gasteiger partial charge in [-0.2, -0.15) is 5.10 Å². The first-order chi connectivity index (χ1) is 14.4. The van der Waals surface area contributed by atoms with Crippen molar-refractivity contribution in [3.05, 3.63) is 35.5 Å². The van der Waals surface area contributed by atoms with Crippen LogP contribution in [0.15, 0.2) is 18.6 Å². The van der Waals surface area contributed by atoms with Crippen molar-refractivity contribution < 1.29 is 9.59 Å². The monoisotopic (exact) mass is 412 g/mol. The Morgan fingerprint density at radius 2 is 1.97 bits per heavy atom. The molecule has 3 atom stereocenters. The molecule has 2 N–H and O–H groups in total. The number of carbonyl (C=O) groups excluding carboxylic acids is 2. The van der Waals surface area contributed by atoms with Crippen molar-refractivity contribution in [2.45, 2.75) is 52.4 Å². The number of nitrogens with one attached hydrogen (secondary N) is 2. The zero-order chi connectivity index (χ0) is 21.4. The van der Waals surface area contributed by atoms with Gasteiger partial charge in [-0.05, 0) is 27.3 Å². The first-order valence-electron chi connectivity index (χ1n) is 10.4. The standard InChI is InChI=1S/C20H28N8O2/c1-5-26-9-13(3)27(10-12(26)2)20(30)28-11-15-17(14(28)4)24-25-18(15)23-19(29)16-8-21-6-7-22-16/h6-8,12-14H,5,9-11H2,1-4H3,(H2,23,24,25,29)/t12-,13+,14?/m1/s1. The molecule has 0 bridgehead atoms. The largest absolute Gasteiger partial charge is 0.321 e. The summed E-state index contributed by atoms with van der Waals surface area (Å²) < 4.78 is 0. The highest BCUT2D eigenvalue weighted by molar-refractivity contribution is 6.02. The highest BCUT2D eigenvalue weighted by atomic mass is 16.2. The van der Waals surface area contributed by atoms with E-state index in [-0.39, 0.29) is 29.7 Å². The molecule has 160 valence electrons. The Balaban J connectivity index is 1.48. The zero-order valence-corrected chi connectivity index (χ0v) is 17.8. The van der Waals surface area contributed by atoms with E-state index in [0.29, 0.717) is 24.9 Å². The Bertz CT molecular complexity index is 930. The third-order valence-corrected chi connectivity index (χ3v) is 6.15. The van der Waals surface area contributed by atoms with Crippen molar-refractivity contribution in [1.82, 2.24) is 34.9 Å². The highest BCUT2D eigenvalue weighted by Crippen LogP contribution is 2.37. The second-order valence-corrected chi connectivity index (χ2v) is 8.03. The lowest BCUT2D eigenvalue weighted by Crippen LogP contribution is -2.60. The van der Waals surface area contributed by atoms with Crippen molar-refractivity contribution in [3.63, 3.8) is 0 Å². The maximum absolute atomic E-state index is 13.4. The Morgan fingerprint density at radius 1 is 1.17 bits per heavy atom. The van der Waals surface area contributed by atoms with Crippen LogP contribution < -0.4 is 5.32 Å². The molecule has 2 aliphatic rings. The molecule has 2 aromatic heterocycles.